The lowest BCUT2D eigenvalue weighted by Gasteiger charge is -2.18. The van der Waals surface area contributed by atoms with Crippen LogP contribution in [0.5, 0.6) is 0 Å². The van der Waals surface area contributed by atoms with E-state index in [4.69, 9.17) is 0 Å². The van der Waals surface area contributed by atoms with Crippen LogP contribution in [-0.2, 0) is 0 Å². The molecule has 0 aliphatic carbocycles. The Balaban J connectivity index is 2.03. The summed E-state index contributed by atoms with van der Waals surface area (Å²) < 4.78 is 1.01. The summed E-state index contributed by atoms with van der Waals surface area (Å²) in [7, 11) is 0. The number of anilines is 1. The first-order valence-electron chi connectivity index (χ1n) is 7.11. The van der Waals surface area contributed by atoms with Gasteiger partial charge in [0, 0.05) is 22.8 Å². The van der Waals surface area contributed by atoms with E-state index in [1.54, 1.807) is 24.4 Å². The molecule has 1 unspecified atom stereocenters. The number of fused-ring (bicyclic) bond motifs is 1. The highest BCUT2D eigenvalue weighted by atomic mass is 79.9. The van der Waals surface area contributed by atoms with Gasteiger partial charge in [0.15, 0.2) is 0 Å². The Bertz CT molecular complexity index is 883. The molecule has 0 amide bonds. The summed E-state index contributed by atoms with van der Waals surface area (Å²) in [6, 6.07) is 14.6. The van der Waals surface area contributed by atoms with Crippen molar-refractivity contribution in [2.24, 2.45) is 0 Å². The predicted octanol–water partition coefficient (Wildman–Crippen LogP) is 5.08. The topological polar surface area (TPSA) is 68.1 Å². The number of pyridine rings is 1. The number of hydrogen-bond donors (Lipinski definition) is 1. The number of hydrogen-bond acceptors (Lipinski definition) is 4. The number of non-ortho nitro benzene ring substituents is 1. The molecule has 0 saturated carbocycles. The lowest BCUT2D eigenvalue weighted by Crippen LogP contribution is -2.08. The number of nitro groups is 1. The standard InChI is InChI=1S/C17H14BrN3O2/c1-11(12-5-2-3-7-14(12)18)20-15-8-9-16(21(22)23)13-6-4-10-19-17(13)15/h2-11,20H,1H3. The van der Waals surface area contributed by atoms with Crippen LogP contribution in [0.25, 0.3) is 10.9 Å². The summed E-state index contributed by atoms with van der Waals surface area (Å²) in [6.07, 6.45) is 1.64. The lowest BCUT2D eigenvalue weighted by atomic mass is 10.1. The number of nitrogens with zero attached hydrogens (tertiary/aromatic N) is 2. The quantitative estimate of drug-likeness (QED) is 0.512. The zero-order chi connectivity index (χ0) is 16.4. The molecule has 116 valence electrons. The van der Waals surface area contributed by atoms with Crippen molar-refractivity contribution in [1.82, 2.24) is 4.98 Å². The third-order valence-corrected chi connectivity index (χ3v) is 4.41. The van der Waals surface area contributed by atoms with Crippen LogP contribution >= 0.6 is 15.9 Å². The second-order valence-corrected chi connectivity index (χ2v) is 6.03. The number of aromatic nitrogens is 1. The number of nitro benzene ring substituents is 1. The second kappa shape index (κ2) is 6.34. The normalized spacial score (nSPS) is 12.1. The van der Waals surface area contributed by atoms with Crippen molar-refractivity contribution in [2.75, 3.05) is 5.32 Å². The van der Waals surface area contributed by atoms with E-state index in [2.05, 4.69) is 26.2 Å². The first-order valence-corrected chi connectivity index (χ1v) is 7.90. The summed E-state index contributed by atoms with van der Waals surface area (Å²) in [5, 5.41) is 15.1. The Labute approximate surface area is 141 Å². The zero-order valence-corrected chi connectivity index (χ0v) is 13.9. The van der Waals surface area contributed by atoms with Gasteiger partial charge >= 0.3 is 0 Å². The van der Waals surface area contributed by atoms with E-state index in [1.165, 1.54) is 6.07 Å². The highest BCUT2D eigenvalue weighted by molar-refractivity contribution is 9.10. The molecule has 6 heteroatoms. The highest BCUT2D eigenvalue weighted by Crippen LogP contribution is 2.33. The molecule has 0 saturated heterocycles. The summed E-state index contributed by atoms with van der Waals surface area (Å²) in [4.78, 5) is 15.1. The third-order valence-electron chi connectivity index (χ3n) is 3.69. The van der Waals surface area contributed by atoms with Crippen LogP contribution in [0.2, 0.25) is 0 Å². The van der Waals surface area contributed by atoms with Crippen molar-refractivity contribution in [3.63, 3.8) is 0 Å². The molecule has 0 aliphatic rings. The van der Waals surface area contributed by atoms with Gasteiger partial charge in [-0.2, -0.15) is 0 Å². The Morgan fingerprint density at radius 1 is 1.17 bits per heavy atom. The maximum atomic E-state index is 11.2. The van der Waals surface area contributed by atoms with Crippen LogP contribution in [-0.4, -0.2) is 9.91 Å². The van der Waals surface area contributed by atoms with E-state index in [1.807, 2.05) is 31.2 Å². The van der Waals surface area contributed by atoms with Crippen molar-refractivity contribution in [2.45, 2.75) is 13.0 Å². The van der Waals surface area contributed by atoms with Crippen molar-refractivity contribution in [1.29, 1.82) is 0 Å². The van der Waals surface area contributed by atoms with Gasteiger partial charge in [-0.1, -0.05) is 34.1 Å². The van der Waals surface area contributed by atoms with E-state index in [0.29, 0.717) is 10.9 Å². The fourth-order valence-corrected chi connectivity index (χ4v) is 3.20. The number of halogens is 1. The van der Waals surface area contributed by atoms with Crippen LogP contribution in [0, 0.1) is 10.1 Å². The van der Waals surface area contributed by atoms with Gasteiger partial charge in [-0.25, -0.2) is 0 Å². The molecule has 0 radical (unpaired) electrons. The molecule has 1 aromatic heterocycles. The van der Waals surface area contributed by atoms with Gasteiger partial charge in [0.2, 0.25) is 0 Å². The van der Waals surface area contributed by atoms with E-state index in [9.17, 15) is 10.1 Å². The van der Waals surface area contributed by atoms with E-state index in [0.717, 1.165) is 15.7 Å². The fraction of sp³-hybridized carbons (Fsp3) is 0.118. The molecule has 0 fully saturated rings. The zero-order valence-electron chi connectivity index (χ0n) is 12.4. The SMILES string of the molecule is CC(Nc1ccc([N+](=O)[O-])c2cccnc12)c1ccccc1Br. The average Bonchev–Trinajstić information content (AvgIpc) is 2.55. The van der Waals surface area contributed by atoms with Gasteiger partial charge in [-0.3, -0.25) is 15.1 Å². The second-order valence-electron chi connectivity index (χ2n) is 5.18. The Hall–Kier alpha value is -2.47. The van der Waals surface area contributed by atoms with E-state index in [-0.39, 0.29) is 16.7 Å². The Morgan fingerprint density at radius 3 is 2.70 bits per heavy atom. The van der Waals surface area contributed by atoms with Crippen molar-refractivity contribution in [3.05, 3.63) is 74.9 Å². The van der Waals surface area contributed by atoms with Gasteiger partial charge in [0.25, 0.3) is 5.69 Å². The van der Waals surface area contributed by atoms with E-state index < -0.39 is 0 Å². The molecule has 5 nitrogen and oxygen atoms in total. The molecule has 3 aromatic rings. The third kappa shape index (κ3) is 3.03. The van der Waals surface area contributed by atoms with Gasteiger partial charge in [-0.05, 0) is 36.8 Å². The molecular weight excluding hydrogens is 358 g/mol. The molecule has 1 N–H and O–H groups in total. The molecule has 1 heterocycles. The average molecular weight is 372 g/mol. The molecule has 2 aromatic carbocycles. The van der Waals surface area contributed by atoms with Gasteiger partial charge in [-0.15, -0.1) is 0 Å². The number of benzene rings is 2. The Kier molecular flexibility index (Phi) is 4.25. The predicted molar refractivity (Wildman–Crippen MR) is 94.6 cm³/mol. The molecule has 23 heavy (non-hydrogen) atoms. The fourth-order valence-electron chi connectivity index (χ4n) is 2.57. The van der Waals surface area contributed by atoms with Crippen LogP contribution in [0.15, 0.2) is 59.2 Å². The molecule has 0 spiro atoms. The van der Waals surface area contributed by atoms with Crippen molar-refractivity contribution >= 4 is 38.2 Å². The van der Waals surface area contributed by atoms with Gasteiger partial charge in [0.1, 0.15) is 5.52 Å². The Morgan fingerprint density at radius 2 is 1.96 bits per heavy atom. The van der Waals surface area contributed by atoms with Crippen LogP contribution in [0.3, 0.4) is 0 Å². The highest BCUT2D eigenvalue weighted by Gasteiger charge is 2.16. The number of nitrogens with one attached hydrogen (secondary N) is 1. The summed E-state index contributed by atoms with van der Waals surface area (Å²) in [6.45, 7) is 2.04. The maximum absolute atomic E-state index is 11.2. The van der Waals surface area contributed by atoms with Crippen molar-refractivity contribution < 1.29 is 4.92 Å². The minimum atomic E-state index is -0.384. The summed E-state index contributed by atoms with van der Waals surface area (Å²) in [5.74, 6) is 0. The molecule has 0 aliphatic heterocycles. The van der Waals surface area contributed by atoms with Crippen LogP contribution in [0.4, 0.5) is 11.4 Å². The van der Waals surface area contributed by atoms with Crippen LogP contribution < -0.4 is 5.32 Å². The summed E-state index contributed by atoms with van der Waals surface area (Å²) in [5.41, 5.74) is 2.54. The first-order chi connectivity index (χ1) is 11.1. The number of rotatable bonds is 4. The van der Waals surface area contributed by atoms with E-state index >= 15 is 0 Å². The smallest absolute Gasteiger partial charge is 0.278 e. The van der Waals surface area contributed by atoms with Crippen molar-refractivity contribution in [3.8, 4) is 0 Å². The molecule has 0 bridgehead atoms. The summed E-state index contributed by atoms with van der Waals surface area (Å²) >= 11 is 3.55. The molecule has 1 atom stereocenters. The van der Waals surface area contributed by atoms with Gasteiger partial charge in [0.05, 0.1) is 16.0 Å². The minimum absolute atomic E-state index is 0.0252. The monoisotopic (exact) mass is 371 g/mol. The van der Waals surface area contributed by atoms with Gasteiger partial charge < -0.3 is 5.32 Å². The maximum Gasteiger partial charge on any atom is 0.278 e. The molecule has 3 rings (SSSR count). The van der Waals surface area contributed by atoms with Crippen LogP contribution in [0.1, 0.15) is 18.5 Å². The first kappa shape index (κ1) is 15.4. The largest absolute Gasteiger partial charge is 0.377 e. The minimum Gasteiger partial charge on any atom is -0.377 e. The molecular formula is C17H14BrN3O2. The lowest BCUT2D eigenvalue weighted by molar-refractivity contribution is -0.383.